The van der Waals surface area contributed by atoms with Crippen molar-refractivity contribution in [2.45, 2.75) is 39.5 Å². The van der Waals surface area contributed by atoms with E-state index in [4.69, 9.17) is 12.2 Å². The summed E-state index contributed by atoms with van der Waals surface area (Å²) in [6.07, 6.45) is -0.672. The molecule has 1 aromatic heterocycles. The Morgan fingerprint density at radius 3 is 2.49 bits per heavy atom. The lowest BCUT2D eigenvalue weighted by atomic mass is 9.91. The van der Waals surface area contributed by atoms with Crippen molar-refractivity contribution < 1.29 is 17.9 Å². The molecule has 0 radical (unpaired) electrons. The molecule has 1 aliphatic rings. The van der Waals surface area contributed by atoms with Crippen LogP contribution in [0.15, 0.2) is 64.1 Å². The minimum atomic E-state index is -4.73. The van der Waals surface area contributed by atoms with Crippen LogP contribution in [0.4, 0.5) is 13.2 Å². The number of aryl methyl sites for hydroxylation is 3. The van der Waals surface area contributed by atoms with Gasteiger partial charge in [-0.25, -0.2) is 4.68 Å². The Balaban J connectivity index is 1.27. The molecule has 3 aromatic carbocycles. The Hall–Kier alpha value is -3.37. The molecule has 0 unspecified atom stereocenters. The van der Waals surface area contributed by atoms with E-state index in [0.29, 0.717) is 18.7 Å². The number of nitrogens with zero attached hydrogens (tertiary/aromatic N) is 4. The average Bonchev–Trinajstić information content (AvgIpc) is 3.30. The zero-order valence-corrected chi connectivity index (χ0v) is 23.6. The average molecular weight is 614 g/mol. The molecule has 5 rings (SSSR count). The number of aromatic nitrogens is 3. The maximum absolute atomic E-state index is 12.5. The predicted octanol–water partition coefficient (Wildman–Crippen LogP) is 7.34. The van der Waals surface area contributed by atoms with Crippen molar-refractivity contribution in [3.05, 3.63) is 92.6 Å². The van der Waals surface area contributed by atoms with Gasteiger partial charge in [0, 0.05) is 27.5 Å². The van der Waals surface area contributed by atoms with Crippen molar-refractivity contribution >= 4 is 39.2 Å². The zero-order valence-electron chi connectivity index (χ0n) is 21.2. The van der Waals surface area contributed by atoms with E-state index in [1.54, 1.807) is 4.68 Å². The van der Waals surface area contributed by atoms with Crippen LogP contribution >= 0.6 is 28.1 Å². The number of alkyl halides is 3. The van der Waals surface area contributed by atoms with E-state index >= 15 is 0 Å². The number of fused-ring (bicyclic) bond motifs is 3. The third-order valence-corrected chi connectivity index (χ3v) is 7.37. The first-order valence-electron chi connectivity index (χ1n) is 12.3. The number of rotatable bonds is 7. The predicted molar refractivity (Wildman–Crippen MR) is 153 cm³/mol. The van der Waals surface area contributed by atoms with Gasteiger partial charge < -0.3 is 4.74 Å². The lowest BCUT2D eigenvalue weighted by Gasteiger charge is -2.17. The Labute approximate surface area is 237 Å². The molecule has 1 heterocycles. The van der Waals surface area contributed by atoms with Gasteiger partial charge in [0.2, 0.25) is 0 Å². The summed E-state index contributed by atoms with van der Waals surface area (Å²) in [5.74, 6) is -0.279. The second kappa shape index (κ2) is 11.0. The molecule has 0 atom stereocenters. The first kappa shape index (κ1) is 27.2. The normalized spacial score (nSPS) is 12.9. The Kier molecular flexibility index (Phi) is 7.68. The first-order chi connectivity index (χ1) is 18.6. The Morgan fingerprint density at radius 1 is 1.08 bits per heavy atom. The number of benzene rings is 3. The molecule has 0 N–H and O–H groups in total. The molecular formula is C29H24BrF3N4OS. The molecule has 1 aliphatic carbocycles. The largest absolute Gasteiger partial charge is 0.573 e. The molecular weight excluding hydrogens is 589 g/mol. The molecule has 0 bridgehead atoms. The fourth-order valence-corrected chi connectivity index (χ4v) is 5.75. The Bertz CT molecular complexity index is 1560. The van der Waals surface area contributed by atoms with Crippen LogP contribution in [-0.4, -0.2) is 39.0 Å². The minimum Gasteiger partial charge on any atom is -0.406 e. The highest BCUT2D eigenvalue weighted by Gasteiger charge is 2.31. The molecule has 0 aliphatic heterocycles. The van der Waals surface area contributed by atoms with Crippen molar-refractivity contribution in [3.63, 3.8) is 0 Å². The molecule has 0 spiro atoms. The fourth-order valence-electron chi connectivity index (χ4n) is 4.84. The van der Waals surface area contributed by atoms with Gasteiger partial charge >= 0.3 is 6.36 Å². The molecule has 10 heteroatoms. The lowest BCUT2D eigenvalue weighted by molar-refractivity contribution is -0.274. The number of hydrogen-bond donors (Lipinski definition) is 0. The van der Waals surface area contributed by atoms with Crippen LogP contribution in [0.5, 0.6) is 5.75 Å². The third-order valence-electron chi connectivity index (χ3n) is 6.64. The van der Waals surface area contributed by atoms with Crippen molar-refractivity contribution in [3.8, 4) is 22.7 Å². The topological polar surface area (TPSA) is 52.3 Å². The highest BCUT2D eigenvalue weighted by Crippen LogP contribution is 2.34. The summed E-state index contributed by atoms with van der Waals surface area (Å²) in [5, 5.41) is 8.65. The summed E-state index contributed by atoms with van der Waals surface area (Å²) < 4.78 is 44.1. The number of ether oxygens (including phenoxy) is 1. The van der Waals surface area contributed by atoms with Gasteiger partial charge in [-0.2, -0.15) is 0 Å². The van der Waals surface area contributed by atoms with Crippen LogP contribution < -0.4 is 4.74 Å². The van der Waals surface area contributed by atoms with Crippen LogP contribution in [0.25, 0.3) is 16.9 Å². The van der Waals surface area contributed by atoms with Crippen molar-refractivity contribution in [1.29, 1.82) is 0 Å². The smallest absolute Gasteiger partial charge is 0.406 e. The molecule has 0 fully saturated rings. The van der Waals surface area contributed by atoms with Gasteiger partial charge in [-0.05, 0) is 97.0 Å². The first-order valence-corrected chi connectivity index (χ1v) is 13.5. The van der Waals surface area contributed by atoms with E-state index in [9.17, 15) is 13.2 Å². The van der Waals surface area contributed by atoms with E-state index in [1.807, 2.05) is 18.3 Å². The molecule has 4 aromatic rings. The van der Waals surface area contributed by atoms with Gasteiger partial charge in [0.25, 0.3) is 0 Å². The van der Waals surface area contributed by atoms with Crippen LogP contribution in [0.2, 0.25) is 0 Å². The third kappa shape index (κ3) is 6.28. The Morgan fingerprint density at radius 2 is 1.79 bits per heavy atom. The van der Waals surface area contributed by atoms with Gasteiger partial charge in [0.05, 0.1) is 17.9 Å². The van der Waals surface area contributed by atoms with E-state index < -0.39 is 6.36 Å². The van der Waals surface area contributed by atoms with E-state index in [0.717, 1.165) is 50.3 Å². The van der Waals surface area contributed by atoms with Crippen molar-refractivity contribution in [2.24, 2.45) is 4.99 Å². The zero-order chi connectivity index (χ0) is 27.7. The summed E-state index contributed by atoms with van der Waals surface area (Å²) in [5.41, 5.74) is 9.12. The maximum atomic E-state index is 12.5. The molecule has 39 heavy (non-hydrogen) atoms. The number of hydrogen-bond acceptors (Lipinski definition) is 5. The standard InChI is InChI=1S/C29H24BrF3N4OS/c1-17-11-21(30)12-18(2)26(17)14-24(39)16-34-15-19-3-9-25-20(13-19)4-10-27-28(25)35-36-37(27)22-5-7-23(8-6-22)38-29(31,32)33/h3,5-9,11-13,15H,4,10,14,16H2,1-2H3. The molecule has 200 valence electrons. The van der Waals surface area contributed by atoms with Gasteiger partial charge in [-0.1, -0.05) is 45.5 Å². The van der Waals surface area contributed by atoms with Crippen LogP contribution in [0.1, 0.15) is 33.5 Å². The summed E-state index contributed by atoms with van der Waals surface area (Å²) in [6, 6.07) is 15.9. The van der Waals surface area contributed by atoms with Gasteiger partial charge in [-0.3, -0.25) is 4.99 Å². The number of aliphatic imine (C=N–C) groups is 1. The fraction of sp³-hybridized carbons (Fsp3) is 0.241. The van der Waals surface area contributed by atoms with E-state index in [2.05, 4.69) is 68.0 Å². The van der Waals surface area contributed by atoms with Gasteiger partial charge in [-0.15, -0.1) is 18.3 Å². The highest BCUT2D eigenvalue weighted by atomic mass is 79.9. The minimum absolute atomic E-state index is 0.279. The molecule has 5 nitrogen and oxygen atoms in total. The second-order valence-corrected chi connectivity index (χ2v) is 11.0. The van der Waals surface area contributed by atoms with E-state index in [-0.39, 0.29) is 5.75 Å². The van der Waals surface area contributed by atoms with Crippen LogP contribution in [0, 0.1) is 13.8 Å². The van der Waals surface area contributed by atoms with Crippen LogP contribution in [0.3, 0.4) is 0 Å². The molecule has 0 saturated heterocycles. The highest BCUT2D eigenvalue weighted by molar-refractivity contribution is 9.10. The monoisotopic (exact) mass is 612 g/mol. The van der Waals surface area contributed by atoms with Crippen LogP contribution in [-0.2, 0) is 19.3 Å². The van der Waals surface area contributed by atoms with E-state index in [1.165, 1.54) is 41.0 Å². The van der Waals surface area contributed by atoms with Crippen molar-refractivity contribution in [1.82, 2.24) is 15.0 Å². The summed E-state index contributed by atoms with van der Waals surface area (Å²) in [4.78, 5) is 5.48. The van der Waals surface area contributed by atoms with Gasteiger partial charge in [0.1, 0.15) is 11.4 Å². The second-order valence-electron chi connectivity index (χ2n) is 9.46. The number of halogens is 4. The maximum Gasteiger partial charge on any atom is 0.573 e. The molecule has 0 saturated carbocycles. The summed E-state index contributed by atoms with van der Waals surface area (Å²) in [7, 11) is 0. The quantitative estimate of drug-likeness (QED) is 0.162. The molecule has 0 amide bonds. The number of thiocarbonyl (C=S) groups is 1. The SMILES string of the molecule is Cc1cc(Br)cc(C)c1CC(=S)CN=Cc1ccc2c(c1)CCc1c-2nnn1-c1ccc(OC(F)(F)F)cc1. The summed E-state index contributed by atoms with van der Waals surface area (Å²) >= 11 is 9.16. The lowest BCUT2D eigenvalue weighted by Crippen LogP contribution is -2.17. The van der Waals surface area contributed by atoms with Crippen molar-refractivity contribution in [2.75, 3.05) is 6.54 Å². The summed E-state index contributed by atoms with van der Waals surface area (Å²) in [6.45, 7) is 4.67. The van der Waals surface area contributed by atoms with Gasteiger partial charge in [0.15, 0.2) is 0 Å².